The monoisotopic (exact) mass is 411 g/mol. The molecule has 1 aliphatic rings. The van der Waals surface area contributed by atoms with E-state index in [1.54, 1.807) is 0 Å². The van der Waals surface area contributed by atoms with Crippen LogP contribution in [0.1, 0.15) is 6.92 Å². The lowest BCUT2D eigenvalue weighted by Crippen LogP contribution is -2.69. The van der Waals surface area contributed by atoms with Gasteiger partial charge in [-0.25, -0.2) is 0 Å². The summed E-state index contributed by atoms with van der Waals surface area (Å²) in [5.74, 6) is 0. The van der Waals surface area contributed by atoms with Crippen LogP contribution in [0.3, 0.4) is 0 Å². The molecule has 1 aliphatic heterocycles. The summed E-state index contributed by atoms with van der Waals surface area (Å²) in [5.41, 5.74) is 0. The first kappa shape index (κ1) is 21.9. The average Bonchev–Trinajstić information content (AvgIpc) is 2.20. The summed E-state index contributed by atoms with van der Waals surface area (Å²) in [6.07, 6.45) is 0. The van der Waals surface area contributed by atoms with Crippen LogP contribution in [0.2, 0.25) is 64.1 Å². The van der Waals surface area contributed by atoms with Gasteiger partial charge in [-0.15, -0.1) is 0 Å². The lowest BCUT2D eigenvalue weighted by atomic mass is 10.9. The Balaban J connectivity index is 3.27. The third-order valence-corrected chi connectivity index (χ3v) is 29.6. The van der Waals surface area contributed by atoms with Crippen molar-refractivity contribution in [1.29, 1.82) is 0 Å². The van der Waals surface area contributed by atoms with E-state index in [-0.39, 0.29) is 0 Å². The molecule has 0 aromatic carbocycles. The molecule has 0 N–H and O–H groups in total. The van der Waals surface area contributed by atoms with Crippen LogP contribution < -0.4 is 0 Å². The van der Waals surface area contributed by atoms with Crippen molar-refractivity contribution in [3.8, 4) is 0 Å². The van der Waals surface area contributed by atoms with Gasteiger partial charge >= 0.3 is 34.2 Å². The minimum atomic E-state index is -2.44. The van der Waals surface area contributed by atoms with Crippen molar-refractivity contribution >= 4 is 42.5 Å². The molecular formula is C13H37NO4Si5. The Morgan fingerprint density at radius 1 is 0.696 bits per heavy atom. The lowest BCUT2D eigenvalue weighted by molar-refractivity contribution is 0.232. The quantitative estimate of drug-likeness (QED) is 0.658. The molecule has 1 heterocycles. The van der Waals surface area contributed by atoms with E-state index < -0.39 is 42.5 Å². The smallest absolute Gasteiger partial charge is 0.318 e. The van der Waals surface area contributed by atoms with Gasteiger partial charge in [0.25, 0.3) is 0 Å². The number of hydrogen-bond donors (Lipinski definition) is 0. The van der Waals surface area contributed by atoms with E-state index in [9.17, 15) is 0 Å². The van der Waals surface area contributed by atoms with Gasteiger partial charge in [-0.1, -0.05) is 20.0 Å². The van der Waals surface area contributed by atoms with E-state index in [0.29, 0.717) is 5.16 Å². The molecule has 0 aromatic heterocycles. The standard InChI is InChI=1S/C13H37NO4Si5/c1-13(19(4,5)14(2)3)23(12)17-21(8,9)15-20(6,7)16-22(10,11)18-23/h13H,1-12H3. The topological polar surface area (TPSA) is 40.2 Å². The highest BCUT2D eigenvalue weighted by atomic mass is 28.5. The maximum Gasteiger partial charge on any atom is 0.318 e. The van der Waals surface area contributed by atoms with Crippen LogP contribution in [0, 0.1) is 0 Å². The molecule has 0 amide bonds. The van der Waals surface area contributed by atoms with Crippen molar-refractivity contribution < 1.29 is 16.5 Å². The number of rotatable bonds is 3. The Morgan fingerprint density at radius 3 is 1.30 bits per heavy atom. The van der Waals surface area contributed by atoms with Crippen molar-refractivity contribution in [2.24, 2.45) is 0 Å². The first-order valence-corrected chi connectivity index (χ1v) is 22.3. The van der Waals surface area contributed by atoms with Gasteiger partial charge in [0, 0.05) is 5.16 Å². The molecule has 0 radical (unpaired) electrons. The number of hydrogen-bond acceptors (Lipinski definition) is 5. The van der Waals surface area contributed by atoms with Crippen LogP contribution in [0.25, 0.3) is 0 Å². The zero-order chi connectivity index (χ0) is 18.5. The second-order valence-electron chi connectivity index (χ2n) is 8.89. The van der Waals surface area contributed by atoms with Gasteiger partial charge in [-0.05, 0) is 59.9 Å². The van der Waals surface area contributed by atoms with Gasteiger partial charge in [0.15, 0.2) is 0 Å². The zero-order valence-corrected chi connectivity index (χ0v) is 22.2. The highest BCUT2D eigenvalue weighted by molar-refractivity contribution is 6.99. The Morgan fingerprint density at radius 2 is 1.00 bits per heavy atom. The second kappa shape index (κ2) is 6.56. The van der Waals surface area contributed by atoms with Gasteiger partial charge in [0.1, 0.15) is 8.24 Å². The maximum absolute atomic E-state index is 6.77. The maximum atomic E-state index is 6.77. The lowest BCUT2D eigenvalue weighted by Gasteiger charge is -2.52. The third-order valence-electron chi connectivity index (χ3n) is 4.88. The molecule has 0 saturated carbocycles. The Bertz CT molecular complexity index is 420. The Kier molecular flexibility index (Phi) is 6.25. The van der Waals surface area contributed by atoms with Crippen LogP contribution in [0.15, 0.2) is 0 Å². The highest BCUT2D eigenvalue weighted by Gasteiger charge is 2.57. The van der Waals surface area contributed by atoms with Crippen LogP contribution >= 0.6 is 0 Å². The molecular weight excluding hydrogens is 375 g/mol. The van der Waals surface area contributed by atoms with Crippen LogP contribution in [-0.4, -0.2) is 61.1 Å². The summed E-state index contributed by atoms with van der Waals surface area (Å²) in [7, 11) is -6.51. The molecule has 23 heavy (non-hydrogen) atoms. The van der Waals surface area contributed by atoms with E-state index >= 15 is 0 Å². The van der Waals surface area contributed by atoms with Crippen molar-refractivity contribution in [2.75, 3.05) is 14.1 Å². The second-order valence-corrected chi connectivity index (χ2v) is 29.1. The first-order chi connectivity index (χ1) is 9.93. The largest absolute Gasteiger partial charge is 0.416 e. The molecule has 1 rings (SSSR count). The molecule has 0 aliphatic carbocycles. The van der Waals surface area contributed by atoms with E-state index in [1.807, 2.05) is 0 Å². The predicted molar refractivity (Wildman–Crippen MR) is 109 cm³/mol. The first-order valence-electron chi connectivity index (χ1n) is 8.41. The van der Waals surface area contributed by atoms with Crippen LogP contribution in [0.5, 0.6) is 0 Å². The van der Waals surface area contributed by atoms with Gasteiger partial charge in [-0.2, -0.15) is 0 Å². The SMILES string of the molecule is CC([Si]1(C)O[Si](C)(C)O[Si](C)(C)O[Si](C)(C)O1)[Si](C)(C)N(C)C. The summed E-state index contributed by atoms with van der Waals surface area (Å²) in [4.78, 5) is 0. The molecule has 1 saturated heterocycles. The predicted octanol–water partition coefficient (Wildman–Crippen LogP) is 3.94. The summed E-state index contributed by atoms with van der Waals surface area (Å²) in [6, 6.07) is 0. The van der Waals surface area contributed by atoms with Crippen molar-refractivity contribution in [3.63, 3.8) is 0 Å². The molecule has 1 unspecified atom stereocenters. The molecule has 0 aromatic rings. The molecule has 138 valence electrons. The fourth-order valence-corrected chi connectivity index (χ4v) is 32.1. The summed E-state index contributed by atoms with van der Waals surface area (Å²) in [6.45, 7) is 22.1. The summed E-state index contributed by atoms with van der Waals surface area (Å²) < 4.78 is 28.8. The number of nitrogens with zero attached hydrogens (tertiary/aromatic N) is 1. The zero-order valence-electron chi connectivity index (χ0n) is 17.2. The third kappa shape index (κ3) is 5.43. The van der Waals surface area contributed by atoms with Gasteiger partial charge < -0.3 is 21.0 Å². The Labute approximate surface area is 148 Å². The molecule has 1 fully saturated rings. The summed E-state index contributed by atoms with van der Waals surface area (Å²) in [5, 5.41) is 0.415. The minimum absolute atomic E-state index is 0.415. The molecule has 10 heteroatoms. The fraction of sp³-hybridized carbons (Fsp3) is 1.00. The molecule has 5 nitrogen and oxygen atoms in total. The van der Waals surface area contributed by atoms with E-state index in [0.717, 1.165) is 0 Å². The van der Waals surface area contributed by atoms with Gasteiger partial charge in [0.2, 0.25) is 0 Å². The van der Waals surface area contributed by atoms with Crippen molar-refractivity contribution in [1.82, 2.24) is 4.57 Å². The van der Waals surface area contributed by atoms with Crippen LogP contribution in [-0.2, 0) is 16.5 Å². The normalized spacial score (nSPS) is 28.0. The molecule has 0 bridgehead atoms. The van der Waals surface area contributed by atoms with Gasteiger partial charge in [-0.3, -0.25) is 0 Å². The Hall–Kier alpha value is 0.884. The van der Waals surface area contributed by atoms with E-state index in [2.05, 4.69) is 84.5 Å². The van der Waals surface area contributed by atoms with E-state index in [4.69, 9.17) is 16.5 Å². The van der Waals surface area contributed by atoms with E-state index in [1.165, 1.54) is 0 Å². The molecule has 0 spiro atoms. The fourth-order valence-electron chi connectivity index (χ4n) is 3.45. The minimum Gasteiger partial charge on any atom is -0.416 e. The highest BCUT2D eigenvalue weighted by Crippen LogP contribution is 2.40. The van der Waals surface area contributed by atoms with Gasteiger partial charge in [0.05, 0.1) is 0 Å². The molecule has 1 atom stereocenters. The van der Waals surface area contributed by atoms with Crippen molar-refractivity contribution in [2.45, 2.75) is 71.0 Å². The van der Waals surface area contributed by atoms with Crippen LogP contribution in [0.4, 0.5) is 0 Å². The summed E-state index contributed by atoms with van der Waals surface area (Å²) >= 11 is 0. The van der Waals surface area contributed by atoms with Crippen molar-refractivity contribution in [3.05, 3.63) is 0 Å². The average molecular weight is 412 g/mol.